The number of nitrogens with zero attached hydrogens (tertiary/aromatic N) is 1. The Kier molecular flexibility index (Phi) is 11.1. The molecule has 1 aromatic carbocycles. The zero-order valence-corrected chi connectivity index (χ0v) is 15.9. The van der Waals surface area contributed by atoms with Crippen molar-refractivity contribution in [3.63, 3.8) is 0 Å². The highest BCUT2D eigenvalue weighted by molar-refractivity contribution is 7.84. The molecule has 4 nitrogen and oxygen atoms in total. The Morgan fingerprint density at radius 2 is 1.43 bits per heavy atom. The van der Waals surface area contributed by atoms with Crippen LogP contribution < -0.4 is 0 Å². The van der Waals surface area contributed by atoms with E-state index in [1.807, 2.05) is 0 Å². The van der Waals surface area contributed by atoms with Crippen LogP contribution in [0.1, 0.15) is 51.0 Å². The van der Waals surface area contributed by atoms with Gasteiger partial charge in [0.15, 0.2) is 0 Å². The number of hydrogen-bond donors (Lipinski definition) is 0. The third-order valence-corrected chi connectivity index (χ3v) is 3.57. The monoisotopic (exact) mass is 343 g/mol. The molecule has 0 amide bonds. The maximum atomic E-state index is 9.08. The molecule has 0 fully saturated rings. The minimum Gasteiger partial charge on any atom is -0.748 e. The van der Waals surface area contributed by atoms with Gasteiger partial charge in [-0.25, -0.2) is 8.42 Å². The van der Waals surface area contributed by atoms with Gasteiger partial charge in [0.1, 0.15) is 6.54 Å². The number of rotatable bonds is 9. The molecule has 23 heavy (non-hydrogen) atoms. The summed E-state index contributed by atoms with van der Waals surface area (Å²) in [5, 5.41) is 0. The van der Waals surface area contributed by atoms with E-state index in [2.05, 4.69) is 51.4 Å². The summed E-state index contributed by atoms with van der Waals surface area (Å²) in [7, 11) is 0.776. The van der Waals surface area contributed by atoms with E-state index in [0.717, 1.165) is 11.0 Å². The lowest BCUT2D eigenvalue weighted by atomic mass is 10.1. The van der Waals surface area contributed by atoms with Crippen molar-refractivity contribution in [3.05, 3.63) is 35.9 Å². The van der Waals surface area contributed by atoms with Crippen molar-refractivity contribution in [2.24, 2.45) is 0 Å². The normalized spacial score (nSPS) is 11.7. The first-order valence-corrected chi connectivity index (χ1v) is 10.2. The average Bonchev–Trinajstić information content (AvgIpc) is 2.41. The van der Waals surface area contributed by atoms with E-state index in [9.17, 15) is 0 Å². The van der Waals surface area contributed by atoms with Crippen LogP contribution in [0.15, 0.2) is 30.3 Å². The van der Waals surface area contributed by atoms with E-state index >= 15 is 0 Å². The zero-order valence-electron chi connectivity index (χ0n) is 15.1. The summed E-state index contributed by atoms with van der Waals surface area (Å²) in [5.41, 5.74) is 1.45. The van der Waals surface area contributed by atoms with Gasteiger partial charge in [0.25, 0.3) is 0 Å². The Morgan fingerprint density at radius 3 is 1.96 bits per heavy atom. The molecule has 0 aliphatic carbocycles. The van der Waals surface area contributed by atoms with Crippen molar-refractivity contribution in [1.82, 2.24) is 0 Å². The van der Waals surface area contributed by atoms with Crippen LogP contribution in [-0.2, 0) is 16.7 Å². The van der Waals surface area contributed by atoms with Crippen LogP contribution in [0.4, 0.5) is 0 Å². The van der Waals surface area contributed by atoms with Gasteiger partial charge in [0.05, 0.1) is 30.8 Å². The second kappa shape index (κ2) is 11.6. The molecular weight excluding hydrogens is 310 g/mol. The van der Waals surface area contributed by atoms with Crippen LogP contribution in [0, 0.1) is 0 Å². The molecule has 0 aromatic heterocycles. The highest BCUT2D eigenvalue weighted by Crippen LogP contribution is 2.12. The molecule has 0 aliphatic rings. The van der Waals surface area contributed by atoms with Crippen molar-refractivity contribution < 1.29 is 17.5 Å². The van der Waals surface area contributed by atoms with Gasteiger partial charge in [-0.1, -0.05) is 62.9 Å². The van der Waals surface area contributed by atoms with Crippen LogP contribution in [0.25, 0.3) is 0 Å². The lowest BCUT2D eigenvalue weighted by molar-refractivity contribution is -0.903. The number of quaternary nitrogens is 1. The summed E-state index contributed by atoms with van der Waals surface area (Å²) < 4.78 is 28.3. The molecule has 0 heterocycles. The fourth-order valence-electron chi connectivity index (χ4n) is 2.48. The van der Waals surface area contributed by atoms with E-state index in [1.54, 1.807) is 0 Å². The lowest BCUT2D eigenvalue weighted by Crippen LogP contribution is -2.39. The van der Waals surface area contributed by atoms with Crippen LogP contribution >= 0.6 is 0 Å². The molecule has 0 unspecified atom stereocenters. The molecule has 0 saturated heterocycles. The molecule has 0 saturated carbocycles. The predicted molar refractivity (Wildman–Crippen MR) is 96.1 cm³/mol. The molecule has 0 N–H and O–H groups in total. The lowest BCUT2D eigenvalue weighted by Gasteiger charge is -2.30. The SMILES string of the molecule is CCCCCCCC[N+](C)(C)Cc1ccccc1.CS(=O)(=O)[O-]. The Hall–Kier alpha value is -0.910. The van der Waals surface area contributed by atoms with E-state index in [1.165, 1.54) is 50.6 Å². The molecule has 0 radical (unpaired) electrons. The average molecular weight is 344 g/mol. The minimum atomic E-state index is -3.92. The van der Waals surface area contributed by atoms with Gasteiger partial charge in [-0.15, -0.1) is 0 Å². The molecule has 0 atom stereocenters. The standard InChI is InChI=1S/C17H30N.CH4O3S/c1-4-5-6-7-8-12-15-18(2,3)16-17-13-10-9-11-14-17;1-5(2,3)4/h9-11,13-14H,4-8,12,15-16H2,1-3H3;1H3,(H,2,3,4)/q+1;/p-1. The van der Waals surface area contributed by atoms with Gasteiger partial charge in [0, 0.05) is 11.8 Å². The summed E-state index contributed by atoms with van der Waals surface area (Å²) >= 11 is 0. The summed E-state index contributed by atoms with van der Waals surface area (Å²) in [6.07, 6.45) is 8.95. The summed E-state index contributed by atoms with van der Waals surface area (Å²) in [6.45, 7) is 4.72. The molecule has 1 aromatic rings. The molecule has 134 valence electrons. The number of hydrogen-bond acceptors (Lipinski definition) is 3. The topological polar surface area (TPSA) is 57.2 Å². The van der Waals surface area contributed by atoms with E-state index < -0.39 is 10.1 Å². The van der Waals surface area contributed by atoms with Gasteiger partial charge in [-0.2, -0.15) is 0 Å². The summed E-state index contributed by atoms with van der Waals surface area (Å²) in [5.74, 6) is 0. The van der Waals surface area contributed by atoms with Crippen molar-refractivity contribution in [3.8, 4) is 0 Å². The second-order valence-electron chi connectivity index (χ2n) is 6.77. The van der Waals surface area contributed by atoms with Gasteiger partial charge in [0.2, 0.25) is 0 Å². The van der Waals surface area contributed by atoms with E-state index in [0.29, 0.717) is 6.26 Å². The van der Waals surface area contributed by atoms with Gasteiger partial charge >= 0.3 is 0 Å². The Balaban J connectivity index is 0.000000841. The summed E-state index contributed by atoms with van der Waals surface area (Å²) in [6, 6.07) is 10.8. The third-order valence-electron chi connectivity index (χ3n) is 3.57. The molecular formula is C18H33NO3S. The fourth-order valence-corrected chi connectivity index (χ4v) is 2.48. The van der Waals surface area contributed by atoms with Gasteiger partial charge in [-0.3, -0.25) is 0 Å². The smallest absolute Gasteiger partial charge is 0.104 e. The van der Waals surface area contributed by atoms with Crippen LogP contribution in [-0.4, -0.2) is 44.3 Å². The molecule has 5 heteroatoms. The van der Waals surface area contributed by atoms with Gasteiger partial charge in [-0.05, 0) is 12.8 Å². The van der Waals surface area contributed by atoms with Crippen LogP contribution in [0.2, 0.25) is 0 Å². The Morgan fingerprint density at radius 1 is 0.957 bits per heavy atom. The first kappa shape index (κ1) is 22.1. The van der Waals surface area contributed by atoms with Gasteiger partial charge < -0.3 is 9.04 Å². The Bertz CT molecular complexity index is 490. The van der Waals surface area contributed by atoms with Crippen molar-refractivity contribution in [2.75, 3.05) is 26.9 Å². The van der Waals surface area contributed by atoms with E-state index in [-0.39, 0.29) is 0 Å². The largest absolute Gasteiger partial charge is 0.748 e. The van der Waals surface area contributed by atoms with Crippen molar-refractivity contribution >= 4 is 10.1 Å². The maximum absolute atomic E-state index is 9.08. The molecule has 0 spiro atoms. The quantitative estimate of drug-likeness (QED) is 0.389. The number of unbranched alkanes of at least 4 members (excludes halogenated alkanes) is 5. The first-order valence-electron chi connectivity index (χ1n) is 8.41. The fraction of sp³-hybridized carbons (Fsp3) is 0.667. The molecule has 1 rings (SSSR count). The second-order valence-corrected chi connectivity index (χ2v) is 8.18. The van der Waals surface area contributed by atoms with Crippen molar-refractivity contribution in [1.29, 1.82) is 0 Å². The highest BCUT2D eigenvalue weighted by atomic mass is 32.2. The highest BCUT2D eigenvalue weighted by Gasteiger charge is 2.14. The number of benzene rings is 1. The molecule has 0 aliphatic heterocycles. The van der Waals surface area contributed by atoms with Crippen molar-refractivity contribution in [2.45, 2.75) is 52.0 Å². The first-order chi connectivity index (χ1) is 10.6. The third kappa shape index (κ3) is 17.3. The Labute approximate surface area is 142 Å². The maximum Gasteiger partial charge on any atom is 0.104 e. The molecule has 0 bridgehead atoms. The summed E-state index contributed by atoms with van der Waals surface area (Å²) in [4.78, 5) is 0. The van der Waals surface area contributed by atoms with Crippen LogP contribution in [0.5, 0.6) is 0 Å². The predicted octanol–water partition coefficient (Wildman–Crippen LogP) is 3.78. The van der Waals surface area contributed by atoms with E-state index in [4.69, 9.17) is 13.0 Å². The van der Waals surface area contributed by atoms with Crippen LogP contribution in [0.3, 0.4) is 0 Å². The minimum absolute atomic E-state index is 0.604. The zero-order chi connectivity index (χ0) is 17.8.